The van der Waals surface area contributed by atoms with Crippen LogP contribution in [0.25, 0.3) is 0 Å². The van der Waals surface area contributed by atoms with Crippen LogP contribution in [0.15, 0.2) is 10.5 Å². The van der Waals surface area contributed by atoms with Gasteiger partial charge in [0.15, 0.2) is 5.69 Å². The van der Waals surface area contributed by atoms with Crippen LogP contribution >= 0.6 is 11.3 Å². The fourth-order valence-corrected chi connectivity index (χ4v) is 2.29. The zero-order valence-corrected chi connectivity index (χ0v) is 11.4. The van der Waals surface area contributed by atoms with Crippen molar-refractivity contribution in [3.63, 3.8) is 0 Å². The van der Waals surface area contributed by atoms with Crippen molar-refractivity contribution in [1.82, 2.24) is 15.3 Å². The molecule has 0 saturated heterocycles. The molecule has 0 atom stereocenters. The van der Waals surface area contributed by atoms with Gasteiger partial charge in [0.05, 0.1) is 6.54 Å². The Bertz CT molecular complexity index is 595. The van der Waals surface area contributed by atoms with E-state index in [2.05, 4.69) is 15.4 Å². The molecule has 0 radical (unpaired) electrons. The van der Waals surface area contributed by atoms with Crippen LogP contribution < -0.4 is 5.32 Å². The van der Waals surface area contributed by atoms with E-state index in [1.54, 1.807) is 0 Å². The maximum Gasteiger partial charge on any atom is 0.355 e. The lowest BCUT2D eigenvalue weighted by molar-refractivity contribution is -0.130. The van der Waals surface area contributed by atoms with Gasteiger partial charge in [-0.1, -0.05) is 0 Å². The summed E-state index contributed by atoms with van der Waals surface area (Å²) in [5, 5.41) is 18.3. The van der Waals surface area contributed by atoms with Gasteiger partial charge in [0.1, 0.15) is 10.7 Å². The molecule has 0 unspecified atom stereocenters. The quantitative estimate of drug-likeness (QED) is 0.816. The molecule has 0 aromatic carbocycles. The second kappa shape index (κ2) is 5.78. The number of hydrogen-bond donors (Lipinski definition) is 2. The first kappa shape index (κ1) is 14.1. The van der Waals surface area contributed by atoms with Crippen molar-refractivity contribution < 1.29 is 19.5 Å². The molecule has 2 rings (SSSR count). The number of nitrogens with one attached hydrogen (secondary N) is 1. The average molecular weight is 296 g/mol. The Morgan fingerprint density at radius 1 is 1.50 bits per heavy atom. The highest BCUT2D eigenvalue weighted by molar-refractivity contribution is 7.09. The number of carbonyl (C=O) groups excluding carboxylic acids is 2. The number of rotatable bonds is 4. The van der Waals surface area contributed by atoms with Crippen LogP contribution in [0.1, 0.15) is 28.3 Å². The smallest absolute Gasteiger partial charge is 0.355 e. The Morgan fingerprint density at radius 2 is 2.25 bits per heavy atom. The highest BCUT2D eigenvalue weighted by Crippen LogP contribution is 2.10. The summed E-state index contributed by atoms with van der Waals surface area (Å²) >= 11 is 1.16. The van der Waals surface area contributed by atoms with Gasteiger partial charge in [-0.2, -0.15) is 5.10 Å². The van der Waals surface area contributed by atoms with E-state index in [9.17, 15) is 14.4 Å². The number of nitrogens with zero attached hydrogens (tertiary/aromatic N) is 3. The number of carbonyl (C=O) groups is 3. The summed E-state index contributed by atoms with van der Waals surface area (Å²) in [6.45, 7) is 0.132. The molecule has 1 aromatic rings. The molecule has 2 heterocycles. The maximum absolute atomic E-state index is 11.8. The van der Waals surface area contributed by atoms with E-state index in [0.717, 1.165) is 16.3 Å². The van der Waals surface area contributed by atoms with Crippen LogP contribution in [0.3, 0.4) is 0 Å². The topological polar surface area (TPSA) is 112 Å². The van der Waals surface area contributed by atoms with Crippen molar-refractivity contribution in [1.29, 1.82) is 0 Å². The van der Waals surface area contributed by atoms with Gasteiger partial charge in [-0.25, -0.2) is 14.8 Å². The number of aromatic nitrogens is 1. The van der Waals surface area contributed by atoms with Crippen LogP contribution in [0, 0.1) is 0 Å². The molecule has 2 N–H and O–H groups in total. The second-order valence-electron chi connectivity index (χ2n) is 4.08. The maximum atomic E-state index is 11.8. The lowest BCUT2D eigenvalue weighted by Gasteiger charge is -2.18. The third kappa shape index (κ3) is 3.18. The van der Waals surface area contributed by atoms with Crippen LogP contribution in [0.5, 0.6) is 0 Å². The monoisotopic (exact) mass is 296 g/mol. The first-order chi connectivity index (χ1) is 9.47. The summed E-state index contributed by atoms with van der Waals surface area (Å²) in [4.78, 5) is 37.6. The molecule has 9 heteroatoms. The summed E-state index contributed by atoms with van der Waals surface area (Å²) in [5.74, 6) is -1.61. The standard InChI is InChI=1S/C11H12N4O4S/c1-15-9(16)3-2-6(14-15)10(17)12-4-8-13-7(5-20-8)11(18)19/h5H,2-4H2,1H3,(H,12,17)(H,18,19). The number of amides is 2. The van der Waals surface area contributed by atoms with E-state index in [4.69, 9.17) is 5.11 Å². The minimum Gasteiger partial charge on any atom is -0.476 e. The van der Waals surface area contributed by atoms with E-state index in [-0.39, 0.29) is 36.2 Å². The minimum atomic E-state index is -1.10. The third-order valence-electron chi connectivity index (χ3n) is 2.64. The van der Waals surface area contributed by atoms with Crippen molar-refractivity contribution >= 4 is 34.8 Å². The van der Waals surface area contributed by atoms with E-state index in [1.807, 2.05) is 0 Å². The van der Waals surface area contributed by atoms with E-state index in [1.165, 1.54) is 12.4 Å². The molecule has 0 saturated carbocycles. The van der Waals surface area contributed by atoms with Gasteiger partial charge in [0.2, 0.25) is 5.91 Å². The Balaban J connectivity index is 1.93. The molecule has 0 aliphatic carbocycles. The van der Waals surface area contributed by atoms with Gasteiger partial charge in [0, 0.05) is 25.3 Å². The normalized spacial score (nSPS) is 14.9. The number of carboxylic acids is 1. The van der Waals surface area contributed by atoms with E-state index < -0.39 is 5.97 Å². The predicted molar refractivity (Wildman–Crippen MR) is 70.4 cm³/mol. The van der Waals surface area contributed by atoms with Gasteiger partial charge >= 0.3 is 5.97 Å². The zero-order valence-electron chi connectivity index (χ0n) is 10.6. The molecule has 1 aliphatic rings. The lowest BCUT2D eigenvalue weighted by Crippen LogP contribution is -2.37. The number of carboxylic acid groups (broad SMARTS) is 1. The fourth-order valence-electron chi connectivity index (χ4n) is 1.58. The average Bonchev–Trinajstić information content (AvgIpc) is 2.88. The molecular formula is C11H12N4O4S. The molecule has 0 spiro atoms. The molecule has 20 heavy (non-hydrogen) atoms. The molecule has 8 nitrogen and oxygen atoms in total. The zero-order chi connectivity index (χ0) is 14.7. The Kier molecular flexibility index (Phi) is 4.08. The first-order valence-electron chi connectivity index (χ1n) is 5.77. The van der Waals surface area contributed by atoms with E-state index in [0.29, 0.717) is 11.4 Å². The van der Waals surface area contributed by atoms with Crippen LogP contribution in [-0.2, 0) is 16.1 Å². The molecular weight excluding hydrogens is 284 g/mol. The van der Waals surface area contributed by atoms with Crippen molar-refractivity contribution in [2.45, 2.75) is 19.4 Å². The molecule has 0 bridgehead atoms. The third-order valence-corrected chi connectivity index (χ3v) is 3.49. The highest BCUT2D eigenvalue weighted by atomic mass is 32.1. The van der Waals surface area contributed by atoms with Crippen molar-refractivity contribution in [3.8, 4) is 0 Å². The summed E-state index contributed by atoms with van der Waals surface area (Å²) < 4.78 is 0. The van der Waals surface area contributed by atoms with Crippen molar-refractivity contribution in [2.24, 2.45) is 5.10 Å². The highest BCUT2D eigenvalue weighted by Gasteiger charge is 2.21. The van der Waals surface area contributed by atoms with Gasteiger partial charge < -0.3 is 10.4 Å². The number of hydrogen-bond acceptors (Lipinski definition) is 6. The second-order valence-corrected chi connectivity index (χ2v) is 5.02. The Labute approximate surface area is 118 Å². The molecule has 1 aromatic heterocycles. The lowest BCUT2D eigenvalue weighted by atomic mass is 10.1. The minimum absolute atomic E-state index is 0.0421. The molecule has 1 aliphatic heterocycles. The number of aromatic carboxylic acids is 1. The summed E-state index contributed by atoms with van der Waals surface area (Å²) in [5.41, 5.74) is 0.238. The van der Waals surface area contributed by atoms with Gasteiger partial charge in [-0.15, -0.1) is 11.3 Å². The van der Waals surface area contributed by atoms with Crippen LogP contribution in [-0.4, -0.2) is 45.6 Å². The van der Waals surface area contributed by atoms with Gasteiger partial charge in [-0.3, -0.25) is 9.59 Å². The largest absolute Gasteiger partial charge is 0.476 e. The predicted octanol–water partition coefficient (Wildman–Crippen LogP) is 0.0657. The van der Waals surface area contributed by atoms with Gasteiger partial charge in [-0.05, 0) is 0 Å². The molecule has 2 amide bonds. The fraction of sp³-hybridized carbons (Fsp3) is 0.364. The number of hydrazone groups is 1. The van der Waals surface area contributed by atoms with Crippen LogP contribution in [0.2, 0.25) is 0 Å². The molecule has 106 valence electrons. The summed E-state index contributed by atoms with van der Waals surface area (Å²) in [6, 6.07) is 0. The first-order valence-corrected chi connectivity index (χ1v) is 6.65. The van der Waals surface area contributed by atoms with Crippen LogP contribution in [0.4, 0.5) is 0 Å². The summed E-state index contributed by atoms with van der Waals surface area (Å²) in [6.07, 6.45) is 0.552. The molecule has 0 fully saturated rings. The van der Waals surface area contributed by atoms with Gasteiger partial charge in [0.25, 0.3) is 5.91 Å². The SMILES string of the molecule is CN1N=C(C(=O)NCc2nc(C(=O)O)cs2)CCC1=O. The summed E-state index contributed by atoms with van der Waals surface area (Å²) in [7, 11) is 1.49. The van der Waals surface area contributed by atoms with Crippen molar-refractivity contribution in [2.75, 3.05) is 7.05 Å². The Hall–Kier alpha value is -2.29. The number of thiazole rings is 1. The Morgan fingerprint density at radius 3 is 2.85 bits per heavy atom. The van der Waals surface area contributed by atoms with E-state index >= 15 is 0 Å². The van der Waals surface area contributed by atoms with Crippen molar-refractivity contribution in [3.05, 3.63) is 16.1 Å².